The molecule has 3 aromatic rings. The van der Waals surface area contributed by atoms with Gasteiger partial charge in [-0.1, -0.05) is 29.1 Å². The smallest absolute Gasteiger partial charge is 0.173 e. The van der Waals surface area contributed by atoms with E-state index >= 15 is 0 Å². The molecule has 0 N–H and O–H groups in total. The first kappa shape index (κ1) is 18.8. The minimum Gasteiger partial charge on any atom is -0.494 e. The van der Waals surface area contributed by atoms with E-state index in [4.69, 9.17) is 14.2 Å². The van der Waals surface area contributed by atoms with Crippen molar-refractivity contribution < 1.29 is 19.0 Å². The molecule has 140 valence electrons. The van der Waals surface area contributed by atoms with Crippen LogP contribution in [0.5, 0.6) is 17.2 Å². The molecule has 0 aliphatic rings. The van der Waals surface area contributed by atoms with Gasteiger partial charge >= 0.3 is 0 Å². The van der Waals surface area contributed by atoms with Crippen LogP contribution >= 0.6 is 11.8 Å². The molecule has 0 aliphatic carbocycles. The van der Waals surface area contributed by atoms with E-state index < -0.39 is 0 Å². The summed E-state index contributed by atoms with van der Waals surface area (Å²) < 4.78 is 17.5. The summed E-state index contributed by atoms with van der Waals surface area (Å²) in [5.41, 5.74) is 1.31. The number of methoxy groups -OCH3 is 3. The number of benzene rings is 2. The second kappa shape index (κ2) is 8.59. The number of hydrogen-bond acceptors (Lipinski definition) is 7. The Labute approximate surface area is 161 Å². The van der Waals surface area contributed by atoms with E-state index in [1.54, 1.807) is 50.4 Å². The fraction of sp³-hybridized carbons (Fsp3) is 0.211. The van der Waals surface area contributed by atoms with Crippen LogP contribution in [0.2, 0.25) is 0 Å². The molecular weight excluding hydrogens is 366 g/mol. The van der Waals surface area contributed by atoms with Crippen LogP contribution in [-0.4, -0.2) is 47.9 Å². The molecule has 8 heteroatoms. The fourth-order valence-corrected chi connectivity index (χ4v) is 3.35. The predicted octanol–water partition coefficient (Wildman–Crippen LogP) is 3.27. The van der Waals surface area contributed by atoms with Crippen LogP contribution in [0.4, 0.5) is 0 Å². The van der Waals surface area contributed by atoms with Crippen LogP contribution in [0.15, 0.2) is 53.7 Å². The maximum Gasteiger partial charge on any atom is 0.173 e. The van der Waals surface area contributed by atoms with Crippen molar-refractivity contribution in [3.63, 3.8) is 0 Å². The van der Waals surface area contributed by atoms with Crippen LogP contribution in [0.25, 0.3) is 5.69 Å². The number of aromatic nitrogens is 3. The average Bonchev–Trinajstić information content (AvgIpc) is 3.19. The number of rotatable bonds is 8. The van der Waals surface area contributed by atoms with E-state index in [1.165, 1.54) is 11.8 Å². The lowest BCUT2D eigenvalue weighted by Gasteiger charge is -2.10. The SMILES string of the molecule is COc1ccc(C(=O)CSc2cnnn2-c2ccccc2OC)cc1OC. The van der Waals surface area contributed by atoms with E-state index in [1.807, 2.05) is 24.3 Å². The van der Waals surface area contributed by atoms with E-state index in [9.17, 15) is 4.79 Å². The topological polar surface area (TPSA) is 75.5 Å². The first-order valence-electron chi connectivity index (χ1n) is 8.10. The van der Waals surface area contributed by atoms with E-state index in [2.05, 4.69) is 10.3 Å². The third kappa shape index (κ3) is 4.06. The number of nitrogens with zero attached hydrogens (tertiary/aromatic N) is 3. The van der Waals surface area contributed by atoms with Crippen molar-refractivity contribution >= 4 is 17.5 Å². The summed E-state index contributed by atoms with van der Waals surface area (Å²) in [6.45, 7) is 0. The monoisotopic (exact) mass is 385 g/mol. The van der Waals surface area contributed by atoms with Gasteiger partial charge in [0.15, 0.2) is 17.3 Å². The number of carbonyl (C=O) groups excluding carboxylic acids is 1. The highest BCUT2D eigenvalue weighted by molar-refractivity contribution is 7.99. The molecule has 1 aromatic heterocycles. The molecule has 0 unspecified atom stereocenters. The van der Waals surface area contributed by atoms with Crippen molar-refractivity contribution in [1.29, 1.82) is 0 Å². The molecule has 0 aliphatic heterocycles. The minimum atomic E-state index is -0.0336. The van der Waals surface area contributed by atoms with Crippen LogP contribution in [-0.2, 0) is 0 Å². The molecule has 0 amide bonds. The fourth-order valence-electron chi connectivity index (χ4n) is 2.53. The third-order valence-electron chi connectivity index (χ3n) is 3.89. The van der Waals surface area contributed by atoms with Crippen molar-refractivity contribution in [2.45, 2.75) is 5.03 Å². The second-order valence-corrected chi connectivity index (χ2v) is 6.43. The Kier molecular flexibility index (Phi) is 5.97. The average molecular weight is 385 g/mol. The molecule has 0 atom stereocenters. The lowest BCUT2D eigenvalue weighted by atomic mass is 10.1. The van der Waals surface area contributed by atoms with Gasteiger partial charge in [-0.2, -0.15) is 0 Å². The Bertz CT molecular complexity index is 942. The molecule has 0 fully saturated rings. The number of carbonyl (C=O) groups is 1. The van der Waals surface area contributed by atoms with Crippen molar-refractivity contribution in [1.82, 2.24) is 15.0 Å². The normalized spacial score (nSPS) is 10.5. The number of hydrogen-bond donors (Lipinski definition) is 0. The van der Waals surface area contributed by atoms with Gasteiger partial charge in [0.05, 0.1) is 33.3 Å². The van der Waals surface area contributed by atoms with Gasteiger partial charge in [0.25, 0.3) is 0 Å². The number of ketones is 1. The highest BCUT2D eigenvalue weighted by atomic mass is 32.2. The Balaban J connectivity index is 1.77. The first-order valence-corrected chi connectivity index (χ1v) is 9.08. The summed E-state index contributed by atoms with van der Waals surface area (Å²) in [6.07, 6.45) is 1.62. The number of para-hydroxylation sites is 2. The molecule has 0 saturated carbocycles. The molecular formula is C19H19N3O4S. The molecule has 3 rings (SSSR count). The van der Waals surface area contributed by atoms with Gasteiger partial charge in [-0.05, 0) is 30.3 Å². The first-order chi connectivity index (χ1) is 13.2. The number of Topliss-reactive ketones (excluding diaryl/α,β-unsaturated/α-hetero) is 1. The van der Waals surface area contributed by atoms with Gasteiger partial charge in [-0.15, -0.1) is 5.10 Å². The minimum absolute atomic E-state index is 0.0336. The zero-order chi connectivity index (χ0) is 19.2. The highest BCUT2D eigenvalue weighted by Gasteiger charge is 2.15. The Morgan fingerprint density at radius 3 is 2.48 bits per heavy atom. The van der Waals surface area contributed by atoms with Crippen LogP contribution in [0.3, 0.4) is 0 Å². The molecule has 0 spiro atoms. The predicted molar refractivity (Wildman–Crippen MR) is 103 cm³/mol. The molecule has 2 aromatic carbocycles. The summed E-state index contributed by atoms with van der Waals surface area (Å²) >= 11 is 1.35. The van der Waals surface area contributed by atoms with Crippen molar-refractivity contribution in [3.05, 3.63) is 54.2 Å². The lowest BCUT2D eigenvalue weighted by molar-refractivity contribution is 0.102. The molecule has 0 bridgehead atoms. The molecule has 0 radical (unpaired) electrons. The van der Waals surface area contributed by atoms with Crippen molar-refractivity contribution in [2.75, 3.05) is 27.1 Å². The summed E-state index contributed by atoms with van der Waals surface area (Å²) in [5, 5.41) is 8.82. The van der Waals surface area contributed by atoms with Gasteiger partial charge in [-0.3, -0.25) is 4.79 Å². The largest absolute Gasteiger partial charge is 0.494 e. The van der Waals surface area contributed by atoms with Gasteiger partial charge in [0, 0.05) is 5.56 Å². The summed E-state index contributed by atoms with van der Waals surface area (Å²) in [7, 11) is 4.70. The Hall–Kier alpha value is -3.00. The number of thioether (sulfide) groups is 1. The van der Waals surface area contributed by atoms with Crippen LogP contribution in [0.1, 0.15) is 10.4 Å². The van der Waals surface area contributed by atoms with Gasteiger partial charge in [0.1, 0.15) is 16.5 Å². The summed E-state index contributed by atoms with van der Waals surface area (Å²) in [5.74, 6) is 1.98. The van der Waals surface area contributed by atoms with Gasteiger partial charge in [-0.25, -0.2) is 4.68 Å². The quantitative estimate of drug-likeness (QED) is 0.435. The van der Waals surface area contributed by atoms with Crippen LogP contribution < -0.4 is 14.2 Å². The number of ether oxygens (including phenoxy) is 3. The van der Waals surface area contributed by atoms with Gasteiger partial charge < -0.3 is 14.2 Å². The Morgan fingerprint density at radius 2 is 1.74 bits per heavy atom. The second-order valence-electron chi connectivity index (χ2n) is 5.44. The van der Waals surface area contributed by atoms with Gasteiger partial charge in [0.2, 0.25) is 0 Å². The Morgan fingerprint density at radius 1 is 1.00 bits per heavy atom. The molecule has 7 nitrogen and oxygen atoms in total. The maximum atomic E-state index is 12.6. The lowest BCUT2D eigenvalue weighted by Crippen LogP contribution is -2.06. The van der Waals surface area contributed by atoms with Crippen LogP contribution in [0, 0.1) is 0 Å². The van der Waals surface area contributed by atoms with E-state index in [0.717, 1.165) is 10.7 Å². The highest BCUT2D eigenvalue weighted by Crippen LogP contribution is 2.30. The van der Waals surface area contributed by atoms with E-state index in [-0.39, 0.29) is 11.5 Å². The van der Waals surface area contributed by atoms with Crippen molar-refractivity contribution in [3.8, 4) is 22.9 Å². The van der Waals surface area contributed by atoms with Crippen molar-refractivity contribution in [2.24, 2.45) is 0 Å². The molecule has 27 heavy (non-hydrogen) atoms. The third-order valence-corrected chi connectivity index (χ3v) is 4.87. The molecule has 1 heterocycles. The van der Waals surface area contributed by atoms with E-state index in [0.29, 0.717) is 22.8 Å². The zero-order valence-electron chi connectivity index (χ0n) is 15.2. The maximum absolute atomic E-state index is 12.6. The summed E-state index contributed by atoms with van der Waals surface area (Å²) in [4.78, 5) is 12.6. The standard InChI is InChI=1S/C19H19N3O4S/c1-24-16-7-5-4-6-14(16)22-19(11-20-21-22)27-12-15(23)13-8-9-17(25-2)18(10-13)26-3/h4-11H,12H2,1-3H3. The zero-order valence-corrected chi connectivity index (χ0v) is 16.0. The summed E-state index contributed by atoms with van der Waals surface area (Å²) in [6, 6.07) is 12.6. The molecule has 0 saturated heterocycles.